The van der Waals surface area contributed by atoms with Crippen LogP contribution in [0.15, 0.2) is 89.6 Å². The summed E-state index contributed by atoms with van der Waals surface area (Å²) in [7, 11) is 1.64. The first-order valence-corrected chi connectivity index (χ1v) is 9.41. The lowest BCUT2D eigenvalue weighted by Gasteiger charge is -2.11. The first-order valence-electron chi connectivity index (χ1n) is 9.41. The molecule has 148 valence electrons. The van der Waals surface area contributed by atoms with Crippen LogP contribution in [0.1, 0.15) is 18.1 Å². The monoisotopic (exact) mass is 387 g/mol. The van der Waals surface area contributed by atoms with Crippen LogP contribution >= 0.6 is 0 Å². The Morgan fingerprint density at radius 2 is 1.24 bits per heavy atom. The van der Waals surface area contributed by atoms with Gasteiger partial charge in [0.15, 0.2) is 0 Å². The molecule has 0 aliphatic rings. The van der Waals surface area contributed by atoms with Gasteiger partial charge in [-0.05, 0) is 69.3 Å². The van der Waals surface area contributed by atoms with Gasteiger partial charge in [0.25, 0.3) is 0 Å². The number of benzene rings is 3. The highest BCUT2D eigenvalue weighted by Gasteiger charge is 2.08. The Labute approximate surface area is 172 Å². The van der Waals surface area contributed by atoms with Gasteiger partial charge in [-0.15, -0.1) is 0 Å². The summed E-state index contributed by atoms with van der Waals surface area (Å²) in [6, 6.07) is 23.2. The molecule has 0 radical (unpaired) electrons. The predicted octanol–water partition coefficient (Wildman–Crippen LogP) is 6.40. The lowest BCUT2D eigenvalue weighted by Crippen LogP contribution is -2.11. The molecule has 4 heteroatoms. The molecule has 0 unspecified atom stereocenters. The SMILES string of the molecule is COc1ccc(O/C=C(C)/C(=N/c2ccc(C)cc2)Oc2ccc(C)cc2)cc1. The van der Waals surface area contributed by atoms with Gasteiger partial charge in [0.05, 0.1) is 19.1 Å². The Morgan fingerprint density at radius 3 is 1.83 bits per heavy atom. The minimum atomic E-state index is 0.478. The van der Waals surface area contributed by atoms with E-state index >= 15 is 0 Å². The summed E-state index contributed by atoms with van der Waals surface area (Å²) in [6.07, 6.45) is 1.64. The van der Waals surface area contributed by atoms with Crippen molar-refractivity contribution in [3.63, 3.8) is 0 Å². The number of aryl methyl sites for hydroxylation is 2. The average molecular weight is 387 g/mol. The van der Waals surface area contributed by atoms with Crippen LogP contribution in [0.4, 0.5) is 5.69 Å². The Morgan fingerprint density at radius 1 is 0.724 bits per heavy atom. The van der Waals surface area contributed by atoms with Crippen LogP contribution in [-0.4, -0.2) is 13.0 Å². The Balaban J connectivity index is 1.85. The first-order chi connectivity index (χ1) is 14.0. The third kappa shape index (κ3) is 5.98. The maximum Gasteiger partial charge on any atom is 0.225 e. The second-order valence-corrected chi connectivity index (χ2v) is 6.76. The summed E-state index contributed by atoms with van der Waals surface area (Å²) in [6.45, 7) is 5.99. The largest absolute Gasteiger partial charge is 0.497 e. The molecule has 3 aromatic carbocycles. The first kappa shape index (κ1) is 20.2. The highest BCUT2D eigenvalue weighted by molar-refractivity contribution is 5.96. The number of nitrogens with zero attached hydrogens (tertiary/aromatic N) is 1. The van der Waals surface area contributed by atoms with Crippen molar-refractivity contribution in [2.75, 3.05) is 7.11 Å². The van der Waals surface area contributed by atoms with Gasteiger partial charge in [0.2, 0.25) is 5.90 Å². The number of hydrogen-bond donors (Lipinski definition) is 0. The summed E-state index contributed by atoms with van der Waals surface area (Å²) in [5.41, 5.74) is 3.93. The Bertz CT molecular complexity index is 986. The van der Waals surface area contributed by atoms with Gasteiger partial charge in [-0.2, -0.15) is 0 Å². The molecule has 0 saturated heterocycles. The highest BCUT2D eigenvalue weighted by atomic mass is 16.5. The molecular formula is C25H25NO3. The van der Waals surface area contributed by atoms with Crippen LogP contribution in [-0.2, 0) is 0 Å². The Hall–Kier alpha value is -3.53. The van der Waals surface area contributed by atoms with Gasteiger partial charge in [-0.25, -0.2) is 4.99 Å². The fourth-order valence-electron chi connectivity index (χ4n) is 2.51. The summed E-state index contributed by atoms with van der Waals surface area (Å²) in [4.78, 5) is 4.68. The zero-order valence-corrected chi connectivity index (χ0v) is 17.2. The molecule has 29 heavy (non-hydrogen) atoms. The number of hydrogen-bond acceptors (Lipinski definition) is 4. The maximum atomic E-state index is 6.07. The van der Waals surface area contributed by atoms with E-state index in [1.165, 1.54) is 11.1 Å². The molecule has 0 aromatic heterocycles. The van der Waals surface area contributed by atoms with Crippen LogP contribution in [0.5, 0.6) is 17.2 Å². The van der Waals surface area contributed by atoms with Crippen molar-refractivity contribution in [3.8, 4) is 17.2 Å². The fraction of sp³-hybridized carbons (Fsp3) is 0.160. The van der Waals surface area contributed by atoms with Gasteiger partial charge in [0, 0.05) is 5.57 Å². The van der Waals surface area contributed by atoms with Crippen LogP contribution < -0.4 is 14.2 Å². The normalized spacial score (nSPS) is 11.9. The van der Waals surface area contributed by atoms with Crippen molar-refractivity contribution in [2.24, 2.45) is 4.99 Å². The molecular weight excluding hydrogens is 362 g/mol. The third-order valence-corrected chi connectivity index (χ3v) is 4.27. The van der Waals surface area contributed by atoms with Crippen LogP contribution in [0, 0.1) is 13.8 Å². The number of rotatable bonds is 6. The van der Waals surface area contributed by atoms with Crippen LogP contribution in [0.3, 0.4) is 0 Å². The molecule has 0 aliphatic carbocycles. The molecule has 0 atom stereocenters. The number of ether oxygens (including phenoxy) is 3. The summed E-state index contributed by atoms with van der Waals surface area (Å²) in [5, 5.41) is 0. The fourth-order valence-corrected chi connectivity index (χ4v) is 2.51. The lowest BCUT2D eigenvalue weighted by molar-refractivity contribution is 0.412. The maximum absolute atomic E-state index is 6.07. The molecule has 0 aliphatic heterocycles. The number of methoxy groups -OCH3 is 1. The van der Waals surface area contributed by atoms with E-state index in [4.69, 9.17) is 14.2 Å². The van der Waals surface area contributed by atoms with E-state index in [9.17, 15) is 0 Å². The van der Waals surface area contributed by atoms with Gasteiger partial charge < -0.3 is 14.2 Å². The molecule has 3 rings (SSSR count). The number of aliphatic imine (C=N–C) groups is 1. The molecule has 0 heterocycles. The molecule has 0 saturated carbocycles. The van der Waals surface area contributed by atoms with Crippen molar-refractivity contribution in [3.05, 3.63) is 95.8 Å². The Kier molecular flexibility index (Phi) is 6.69. The summed E-state index contributed by atoms with van der Waals surface area (Å²) < 4.78 is 17.0. The zero-order chi connectivity index (χ0) is 20.6. The minimum Gasteiger partial charge on any atom is -0.497 e. The molecule has 0 bridgehead atoms. The molecule has 0 fully saturated rings. The van der Waals surface area contributed by atoms with E-state index in [1.807, 2.05) is 93.6 Å². The average Bonchev–Trinajstić information content (AvgIpc) is 2.75. The van der Waals surface area contributed by atoms with E-state index in [1.54, 1.807) is 13.4 Å². The van der Waals surface area contributed by atoms with E-state index in [0.717, 1.165) is 22.8 Å². The van der Waals surface area contributed by atoms with Gasteiger partial charge in [0.1, 0.15) is 17.2 Å². The van der Waals surface area contributed by atoms with E-state index in [0.29, 0.717) is 11.6 Å². The summed E-state index contributed by atoms with van der Waals surface area (Å²) >= 11 is 0. The second kappa shape index (κ2) is 9.60. The van der Waals surface area contributed by atoms with Crippen molar-refractivity contribution < 1.29 is 14.2 Å². The third-order valence-electron chi connectivity index (χ3n) is 4.27. The van der Waals surface area contributed by atoms with Crippen LogP contribution in [0.2, 0.25) is 0 Å². The zero-order valence-electron chi connectivity index (χ0n) is 17.2. The van der Waals surface area contributed by atoms with E-state index in [2.05, 4.69) is 4.99 Å². The smallest absolute Gasteiger partial charge is 0.225 e. The van der Waals surface area contributed by atoms with Gasteiger partial charge in [-0.1, -0.05) is 35.4 Å². The lowest BCUT2D eigenvalue weighted by atomic mass is 10.2. The molecule has 0 amide bonds. The molecule has 0 N–H and O–H groups in total. The molecule has 0 spiro atoms. The summed E-state index contributed by atoms with van der Waals surface area (Å²) in [5.74, 6) is 2.68. The van der Waals surface area contributed by atoms with Gasteiger partial charge >= 0.3 is 0 Å². The van der Waals surface area contributed by atoms with Crippen molar-refractivity contribution in [1.82, 2.24) is 0 Å². The van der Waals surface area contributed by atoms with Gasteiger partial charge in [-0.3, -0.25) is 0 Å². The van der Waals surface area contributed by atoms with Crippen molar-refractivity contribution >= 4 is 11.6 Å². The van der Waals surface area contributed by atoms with Crippen LogP contribution in [0.25, 0.3) is 0 Å². The molecule has 3 aromatic rings. The van der Waals surface area contributed by atoms with E-state index in [-0.39, 0.29) is 0 Å². The van der Waals surface area contributed by atoms with Crippen molar-refractivity contribution in [2.45, 2.75) is 20.8 Å². The van der Waals surface area contributed by atoms with E-state index < -0.39 is 0 Å². The molecule has 4 nitrogen and oxygen atoms in total. The highest BCUT2D eigenvalue weighted by Crippen LogP contribution is 2.20. The second-order valence-electron chi connectivity index (χ2n) is 6.76. The topological polar surface area (TPSA) is 40.0 Å². The standard InChI is InChI=1S/C25H25NO3/c1-18-5-9-21(10-6-18)26-25(29-24-11-7-19(2)8-12-24)20(3)17-28-23-15-13-22(27-4)14-16-23/h5-17H,1-4H3/b20-17+,26-25-. The predicted molar refractivity (Wildman–Crippen MR) is 117 cm³/mol. The van der Waals surface area contributed by atoms with Crippen molar-refractivity contribution in [1.29, 1.82) is 0 Å². The quantitative estimate of drug-likeness (QED) is 0.279. The minimum absolute atomic E-state index is 0.478.